The Kier molecular flexibility index (Phi) is 5.99. The first-order chi connectivity index (χ1) is 16.1. The molecule has 3 N–H and O–H groups in total. The molecule has 3 atom stereocenters. The maximum atomic E-state index is 12.0. The molecule has 0 saturated heterocycles. The summed E-state index contributed by atoms with van der Waals surface area (Å²) in [5.41, 5.74) is 4.98. The van der Waals surface area contributed by atoms with Crippen molar-refractivity contribution in [1.82, 2.24) is 10.3 Å². The molecule has 33 heavy (non-hydrogen) atoms. The van der Waals surface area contributed by atoms with Crippen molar-refractivity contribution in [3.63, 3.8) is 0 Å². The van der Waals surface area contributed by atoms with Crippen LogP contribution in [0.2, 0.25) is 0 Å². The van der Waals surface area contributed by atoms with E-state index in [-0.39, 0.29) is 11.6 Å². The number of fused-ring (bicyclic) bond motifs is 2. The number of hydrogen-bond donors (Lipinski definition) is 3. The summed E-state index contributed by atoms with van der Waals surface area (Å²) in [6, 6.07) is 25.7. The highest BCUT2D eigenvalue weighted by Crippen LogP contribution is 2.34. The van der Waals surface area contributed by atoms with Gasteiger partial charge >= 0.3 is 0 Å². The minimum atomic E-state index is -0.711. The highest BCUT2D eigenvalue weighted by Gasteiger charge is 2.29. The number of rotatable bonds is 7. The Morgan fingerprint density at radius 1 is 1.03 bits per heavy atom. The highest BCUT2D eigenvalue weighted by atomic mass is 16.5. The van der Waals surface area contributed by atoms with Crippen LogP contribution < -0.4 is 15.6 Å². The van der Waals surface area contributed by atoms with Crippen LogP contribution in [0.15, 0.2) is 83.7 Å². The van der Waals surface area contributed by atoms with Crippen molar-refractivity contribution in [2.24, 2.45) is 0 Å². The highest BCUT2D eigenvalue weighted by molar-refractivity contribution is 5.87. The number of ether oxygens (including phenoxy) is 1. The Labute approximate surface area is 193 Å². The maximum absolute atomic E-state index is 12.0. The molecular weight excluding hydrogens is 412 g/mol. The zero-order chi connectivity index (χ0) is 22.8. The number of benzene rings is 3. The lowest BCUT2D eigenvalue weighted by atomic mass is 9.99. The number of nitrogens with one attached hydrogen (secondary N) is 2. The van der Waals surface area contributed by atoms with Crippen LogP contribution in [0.3, 0.4) is 0 Å². The van der Waals surface area contributed by atoms with Crippen LogP contribution in [-0.4, -0.2) is 22.7 Å². The van der Waals surface area contributed by atoms with E-state index in [0.717, 1.165) is 22.9 Å². The number of pyridine rings is 1. The first-order valence-electron chi connectivity index (χ1n) is 11.4. The molecule has 0 amide bonds. The number of H-pyrrole nitrogens is 1. The van der Waals surface area contributed by atoms with Gasteiger partial charge in [0.25, 0.3) is 0 Å². The van der Waals surface area contributed by atoms with Crippen LogP contribution in [-0.2, 0) is 13.0 Å². The Morgan fingerprint density at radius 3 is 2.64 bits per heavy atom. The summed E-state index contributed by atoms with van der Waals surface area (Å²) in [6.07, 6.45) is 0.252. The summed E-state index contributed by atoms with van der Waals surface area (Å²) in [6.45, 7) is 3.06. The van der Waals surface area contributed by atoms with Crippen molar-refractivity contribution in [3.8, 4) is 5.75 Å². The summed E-state index contributed by atoms with van der Waals surface area (Å²) in [5.74, 6) is 0.991. The first-order valence-corrected chi connectivity index (χ1v) is 11.4. The van der Waals surface area contributed by atoms with Gasteiger partial charge in [0.15, 0.2) is 0 Å². The van der Waals surface area contributed by atoms with E-state index in [2.05, 4.69) is 41.5 Å². The fraction of sp³-hybridized carbons (Fsp3) is 0.250. The minimum absolute atomic E-state index is 0.200. The lowest BCUT2D eigenvalue weighted by Gasteiger charge is -2.22. The van der Waals surface area contributed by atoms with Gasteiger partial charge in [0.05, 0.1) is 11.6 Å². The molecular formula is C28H28N2O3. The van der Waals surface area contributed by atoms with Gasteiger partial charge in [-0.05, 0) is 46.7 Å². The molecule has 0 bridgehead atoms. The van der Waals surface area contributed by atoms with Crippen LogP contribution in [0.4, 0.5) is 0 Å². The molecule has 0 spiro atoms. The average Bonchev–Trinajstić information content (AvgIpc) is 3.17. The molecule has 0 fully saturated rings. The second kappa shape index (κ2) is 9.22. The molecule has 1 aliphatic rings. The largest absolute Gasteiger partial charge is 0.487 e. The van der Waals surface area contributed by atoms with E-state index < -0.39 is 6.10 Å². The normalized spacial score (nSPS) is 18.2. The molecule has 3 aromatic carbocycles. The fourth-order valence-electron chi connectivity index (χ4n) is 4.81. The minimum Gasteiger partial charge on any atom is -0.487 e. The van der Waals surface area contributed by atoms with Crippen LogP contribution in [0.25, 0.3) is 10.9 Å². The van der Waals surface area contributed by atoms with E-state index in [1.54, 1.807) is 6.07 Å². The summed E-state index contributed by atoms with van der Waals surface area (Å²) in [5, 5.41) is 15.4. The van der Waals surface area contributed by atoms with Crippen molar-refractivity contribution < 1.29 is 9.84 Å². The van der Waals surface area contributed by atoms with E-state index in [1.807, 2.05) is 42.5 Å². The summed E-state index contributed by atoms with van der Waals surface area (Å²) in [7, 11) is 0. The Hall–Kier alpha value is -3.41. The van der Waals surface area contributed by atoms with E-state index in [0.29, 0.717) is 30.3 Å². The third kappa shape index (κ3) is 4.42. The summed E-state index contributed by atoms with van der Waals surface area (Å²) < 4.78 is 6.02. The van der Waals surface area contributed by atoms with Crippen molar-refractivity contribution in [1.29, 1.82) is 0 Å². The van der Waals surface area contributed by atoms with Gasteiger partial charge in [0.2, 0.25) is 5.56 Å². The van der Waals surface area contributed by atoms with Gasteiger partial charge in [-0.2, -0.15) is 0 Å². The molecule has 168 valence electrons. The molecule has 1 aromatic heterocycles. The Bertz CT molecular complexity index is 1320. The van der Waals surface area contributed by atoms with Gasteiger partial charge < -0.3 is 20.1 Å². The molecule has 5 nitrogen and oxygen atoms in total. The molecule has 4 aromatic rings. The van der Waals surface area contributed by atoms with Crippen LogP contribution in [0, 0.1) is 0 Å². The van der Waals surface area contributed by atoms with Gasteiger partial charge in [-0.25, -0.2) is 0 Å². The second-order valence-electron chi connectivity index (χ2n) is 8.76. The smallest absolute Gasteiger partial charge is 0.248 e. The van der Waals surface area contributed by atoms with Crippen molar-refractivity contribution in [3.05, 3.63) is 111 Å². The molecule has 0 saturated carbocycles. The zero-order valence-electron chi connectivity index (χ0n) is 18.6. The monoisotopic (exact) mass is 440 g/mol. The Morgan fingerprint density at radius 2 is 1.82 bits per heavy atom. The molecule has 1 aliphatic carbocycles. The first kappa shape index (κ1) is 21.4. The predicted octanol–water partition coefficient (Wildman–Crippen LogP) is 4.46. The van der Waals surface area contributed by atoms with Gasteiger partial charge in [-0.3, -0.25) is 4.79 Å². The second-order valence-corrected chi connectivity index (χ2v) is 8.76. The van der Waals surface area contributed by atoms with E-state index in [1.165, 1.54) is 17.2 Å². The third-order valence-corrected chi connectivity index (χ3v) is 6.65. The zero-order valence-corrected chi connectivity index (χ0v) is 18.6. The number of hydrogen-bond acceptors (Lipinski definition) is 4. The van der Waals surface area contributed by atoms with Gasteiger partial charge in [0, 0.05) is 24.0 Å². The molecule has 0 radical (unpaired) electrons. The topological polar surface area (TPSA) is 74.3 Å². The lowest BCUT2D eigenvalue weighted by molar-refractivity contribution is 0.170. The van der Waals surface area contributed by atoms with Crippen molar-refractivity contribution in [2.75, 3.05) is 6.54 Å². The van der Waals surface area contributed by atoms with E-state index in [9.17, 15) is 9.90 Å². The Balaban J connectivity index is 1.34. The van der Waals surface area contributed by atoms with Crippen LogP contribution in [0.5, 0.6) is 5.75 Å². The van der Waals surface area contributed by atoms with Crippen LogP contribution in [0.1, 0.15) is 41.2 Å². The molecule has 1 heterocycles. The fourth-order valence-corrected chi connectivity index (χ4v) is 4.81. The molecule has 1 unspecified atom stereocenters. The van der Waals surface area contributed by atoms with E-state index in [4.69, 9.17) is 4.74 Å². The lowest BCUT2D eigenvalue weighted by Crippen LogP contribution is -2.35. The van der Waals surface area contributed by atoms with Gasteiger partial charge in [-0.15, -0.1) is 0 Å². The summed E-state index contributed by atoms with van der Waals surface area (Å²) in [4.78, 5) is 14.9. The van der Waals surface area contributed by atoms with Gasteiger partial charge in [-0.1, -0.05) is 67.6 Å². The molecule has 5 heteroatoms. The molecule has 5 rings (SSSR count). The predicted molar refractivity (Wildman–Crippen MR) is 131 cm³/mol. The number of aliphatic hydroxyl groups excluding tert-OH is 1. The van der Waals surface area contributed by atoms with E-state index >= 15 is 0 Å². The maximum Gasteiger partial charge on any atom is 0.248 e. The average molecular weight is 441 g/mol. The standard InChI is InChI=1S/C28H28N2O3/c1-18-21-10-6-5-9-20(21)15-24(18)29-16-25(31)22-11-13-26(28-23(22)12-14-27(32)30-28)33-17-19-7-3-2-4-8-19/h2-14,18,24-25,29,31H,15-17H2,1H3,(H,30,32)/t18-,24+,25?/m1/s1. The summed E-state index contributed by atoms with van der Waals surface area (Å²) >= 11 is 0. The quantitative estimate of drug-likeness (QED) is 0.397. The van der Waals surface area contributed by atoms with Crippen molar-refractivity contribution >= 4 is 10.9 Å². The number of aromatic nitrogens is 1. The third-order valence-electron chi connectivity index (χ3n) is 6.65. The molecule has 0 aliphatic heterocycles. The SMILES string of the molecule is C[C@@H]1c2ccccc2C[C@@H]1NCC(O)c1ccc(OCc2ccccc2)c2[nH]c(=O)ccc12. The van der Waals surface area contributed by atoms with Gasteiger partial charge in [0.1, 0.15) is 12.4 Å². The number of aromatic amines is 1. The van der Waals surface area contributed by atoms with Crippen LogP contribution >= 0.6 is 0 Å². The number of aliphatic hydroxyl groups is 1. The van der Waals surface area contributed by atoms with Crippen molar-refractivity contribution in [2.45, 2.75) is 38.0 Å².